The predicted molar refractivity (Wildman–Crippen MR) is 80.6 cm³/mol. The maximum absolute atomic E-state index is 11.8. The van der Waals surface area contributed by atoms with Crippen molar-refractivity contribution in [1.82, 2.24) is 5.32 Å². The van der Waals surface area contributed by atoms with Crippen molar-refractivity contribution in [3.63, 3.8) is 0 Å². The summed E-state index contributed by atoms with van der Waals surface area (Å²) in [6.07, 6.45) is 2.55. The molecule has 1 amide bonds. The summed E-state index contributed by atoms with van der Waals surface area (Å²) in [6, 6.07) is 7.64. The van der Waals surface area contributed by atoms with Crippen LogP contribution >= 0.6 is 0 Å². The van der Waals surface area contributed by atoms with Crippen LogP contribution in [0, 0.1) is 0 Å². The van der Waals surface area contributed by atoms with Crippen molar-refractivity contribution < 1.29 is 14.6 Å². The van der Waals surface area contributed by atoms with Gasteiger partial charge in [-0.3, -0.25) is 4.79 Å². The molecule has 0 aromatic heterocycles. The molecule has 0 aliphatic heterocycles. The predicted octanol–water partition coefficient (Wildman–Crippen LogP) is 2.38. The second kappa shape index (κ2) is 8.38. The normalized spacial score (nSPS) is 12.9. The highest BCUT2D eigenvalue weighted by Gasteiger charge is 2.04. The van der Waals surface area contributed by atoms with E-state index in [1.165, 1.54) is 0 Å². The molecule has 0 heterocycles. The number of aliphatic hydroxyl groups is 1. The van der Waals surface area contributed by atoms with Gasteiger partial charge in [-0.15, -0.1) is 0 Å². The van der Waals surface area contributed by atoms with Crippen LogP contribution in [0.1, 0.15) is 32.3 Å². The number of aliphatic hydroxyl groups excluding tert-OH is 1. The maximum Gasteiger partial charge on any atom is 0.244 e. The zero-order valence-corrected chi connectivity index (χ0v) is 12.3. The Morgan fingerprint density at radius 2 is 2.05 bits per heavy atom. The van der Waals surface area contributed by atoms with Crippen LogP contribution in [-0.4, -0.2) is 30.8 Å². The van der Waals surface area contributed by atoms with Gasteiger partial charge >= 0.3 is 0 Å². The number of rotatable bonds is 7. The first-order valence-electron chi connectivity index (χ1n) is 6.87. The van der Waals surface area contributed by atoms with Crippen molar-refractivity contribution in [3.8, 4) is 5.75 Å². The lowest BCUT2D eigenvalue weighted by molar-refractivity contribution is -0.116. The van der Waals surface area contributed by atoms with Crippen LogP contribution in [0.5, 0.6) is 5.75 Å². The van der Waals surface area contributed by atoms with Gasteiger partial charge in [-0.25, -0.2) is 0 Å². The Labute approximate surface area is 120 Å². The molecule has 4 heteroatoms. The van der Waals surface area contributed by atoms with Gasteiger partial charge in [0, 0.05) is 12.6 Å². The van der Waals surface area contributed by atoms with Crippen molar-refractivity contribution >= 4 is 11.5 Å². The quantitative estimate of drug-likeness (QED) is 0.752. The minimum Gasteiger partial charge on any atom is -0.497 e. The summed E-state index contributed by atoms with van der Waals surface area (Å²) in [5.41, 5.74) is 1.99. The second-order valence-corrected chi connectivity index (χ2v) is 4.68. The van der Waals surface area contributed by atoms with E-state index in [4.69, 9.17) is 9.84 Å². The average Bonchev–Trinajstić information content (AvgIpc) is 2.44. The number of methoxy groups -OCH3 is 1. The summed E-state index contributed by atoms with van der Waals surface area (Å²) >= 11 is 0. The first-order valence-corrected chi connectivity index (χ1v) is 6.87. The van der Waals surface area contributed by atoms with Crippen LogP contribution in [0.4, 0.5) is 0 Å². The van der Waals surface area contributed by atoms with Gasteiger partial charge in [0.2, 0.25) is 5.91 Å². The first-order chi connectivity index (χ1) is 9.56. The fraction of sp³-hybridized carbons (Fsp3) is 0.438. The summed E-state index contributed by atoms with van der Waals surface area (Å²) in [4.78, 5) is 11.8. The number of hydrogen-bond acceptors (Lipinski definition) is 3. The zero-order valence-electron chi connectivity index (χ0n) is 12.3. The smallest absolute Gasteiger partial charge is 0.244 e. The molecule has 1 aromatic carbocycles. The summed E-state index contributed by atoms with van der Waals surface area (Å²) in [5, 5.41) is 11.9. The second-order valence-electron chi connectivity index (χ2n) is 4.68. The molecular formula is C16H23NO3. The SMILES string of the molecule is CC/C(=C/C(=O)NCCC(C)O)c1ccc(OC)cc1. The summed E-state index contributed by atoms with van der Waals surface area (Å²) in [5.74, 6) is 0.670. The summed E-state index contributed by atoms with van der Waals surface area (Å²) in [7, 11) is 1.63. The lowest BCUT2D eigenvalue weighted by Gasteiger charge is -2.08. The number of allylic oxidation sites excluding steroid dienone is 1. The van der Waals surface area contributed by atoms with Crippen molar-refractivity contribution in [3.05, 3.63) is 35.9 Å². The molecule has 4 nitrogen and oxygen atoms in total. The Morgan fingerprint density at radius 1 is 1.40 bits per heavy atom. The van der Waals surface area contributed by atoms with E-state index < -0.39 is 6.10 Å². The van der Waals surface area contributed by atoms with Crippen molar-refractivity contribution in [2.75, 3.05) is 13.7 Å². The number of nitrogens with one attached hydrogen (secondary N) is 1. The Hall–Kier alpha value is -1.81. The molecular weight excluding hydrogens is 254 g/mol. The topological polar surface area (TPSA) is 58.6 Å². The number of hydrogen-bond donors (Lipinski definition) is 2. The number of amides is 1. The van der Waals surface area contributed by atoms with Crippen LogP contribution in [0.15, 0.2) is 30.3 Å². The Morgan fingerprint density at radius 3 is 2.55 bits per heavy atom. The van der Waals surface area contributed by atoms with E-state index in [0.717, 1.165) is 23.3 Å². The molecule has 0 aliphatic carbocycles. The van der Waals surface area contributed by atoms with Crippen molar-refractivity contribution in [1.29, 1.82) is 0 Å². The first kappa shape index (κ1) is 16.2. The standard InChI is InChI=1S/C16H23NO3/c1-4-13(11-16(19)17-10-9-12(2)18)14-5-7-15(20-3)8-6-14/h5-8,11-12,18H,4,9-10H2,1-3H3,(H,17,19)/b13-11-. The monoisotopic (exact) mass is 277 g/mol. The molecule has 1 aromatic rings. The molecule has 1 unspecified atom stereocenters. The zero-order chi connectivity index (χ0) is 15.0. The molecule has 20 heavy (non-hydrogen) atoms. The molecule has 0 radical (unpaired) electrons. The van der Waals surface area contributed by atoms with Gasteiger partial charge in [0.05, 0.1) is 13.2 Å². The fourth-order valence-corrected chi connectivity index (χ4v) is 1.81. The van der Waals surface area contributed by atoms with Crippen molar-refractivity contribution in [2.45, 2.75) is 32.8 Å². The van der Waals surface area contributed by atoms with E-state index in [2.05, 4.69) is 5.32 Å². The van der Waals surface area contributed by atoms with E-state index in [9.17, 15) is 4.79 Å². The molecule has 0 aliphatic rings. The van der Waals surface area contributed by atoms with Crippen LogP contribution < -0.4 is 10.1 Å². The Balaban J connectivity index is 2.67. The third kappa shape index (κ3) is 5.45. The maximum atomic E-state index is 11.8. The molecule has 0 fully saturated rings. The van der Waals surface area contributed by atoms with E-state index in [0.29, 0.717) is 13.0 Å². The number of carbonyl (C=O) groups excluding carboxylic acids is 1. The highest BCUT2D eigenvalue weighted by atomic mass is 16.5. The van der Waals surface area contributed by atoms with Gasteiger partial charge in [0.25, 0.3) is 0 Å². The molecule has 2 N–H and O–H groups in total. The molecule has 0 saturated carbocycles. The molecule has 1 rings (SSSR count). The highest BCUT2D eigenvalue weighted by Crippen LogP contribution is 2.20. The fourth-order valence-electron chi connectivity index (χ4n) is 1.81. The van der Waals surface area contributed by atoms with E-state index in [1.807, 2.05) is 31.2 Å². The Kier molecular flexibility index (Phi) is 6.81. The van der Waals surface area contributed by atoms with Gasteiger partial charge in [0.1, 0.15) is 5.75 Å². The van der Waals surface area contributed by atoms with E-state index in [-0.39, 0.29) is 5.91 Å². The van der Waals surface area contributed by atoms with Gasteiger partial charge in [0.15, 0.2) is 0 Å². The minimum atomic E-state index is -0.397. The lowest BCUT2D eigenvalue weighted by atomic mass is 10.0. The lowest BCUT2D eigenvalue weighted by Crippen LogP contribution is -2.24. The highest BCUT2D eigenvalue weighted by molar-refractivity contribution is 5.95. The van der Waals surface area contributed by atoms with Crippen LogP contribution in [0.3, 0.4) is 0 Å². The average molecular weight is 277 g/mol. The third-order valence-electron chi connectivity index (χ3n) is 3.01. The van der Waals surface area contributed by atoms with Crippen LogP contribution in [0.25, 0.3) is 5.57 Å². The number of carbonyl (C=O) groups is 1. The van der Waals surface area contributed by atoms with Gasteiger partial charge in [-0.1, -0.05) is 19.1 Å². The van der Waals surface area contributed by atoms with Crippen molar-refractivity contribution in [2.24, 2.45) is 0 Å². The molecule has 1 atom stereocenters. The van der Waals surface area contributed by atoms with Gasteiger partial charge in [-0.2, -0.15) is 0 Å². The van der Waals surface area contributed by atoms with Gasteiger partial charge in [-0.05, 0) is 43.0 Å². The number of ether oxygens (including phenoxy) is 1. The number of benzene rings is 1. The summed E-state index contributed by atoms with van der Waals surface area (Å²) in [6.45, 7) is 4.20. The Bertz CT molecular complexity index is 449. The third-order valence-corrected chi connectivity index (χ3v) is 3.01. The molecule has 110 valence electrons. The molecule has 0 saturated heterocycles. The summed E-state index contributed by atoms with van der Waals surface area (Å²) < 4.78 is 5.12. The minimum absolute atomic E-state index is 0.127. The molecule has 0 spiro atoms. The van der Waals surface area contributed by atoms with E-state index in [1.54, 1.807) is 20.1 Å². The van der Waals surface area contributed by atoms with E-state index >= 15 is 0 Å². The van der Waals surface area contributed by atoms with Gasteiger partial charge < -0.3 is 15.2 Å². The van der Waals surface area contributed by atoms with Crippen LogP contribution in [-0.2, 0) is 4.79 Å². The van der Waals surface area contributed by atoms with Crippen LogP contribution in [0.2, 0.25) is 0 Å². The molecule has 0 bridgehead atoms. The largest absolute Gasteiger partial charge is 0.497 e.